The van der Waals surface area contributed by atoms with Crippen molar-refractivity contribution in [3.05, 3.63) is 0 Å². The summed E-state index contributed by atoms with van der Waals surface area (Å²) in [6.45, 7) is 7.86. The van der Waals surface area contributed by atoms with Crippen LogP contribution in [-0.2, 0) is 4.79 Å². The molecule has 0 saturated heterocycles. The van der Waals surface area contributed by atoms with Crippen LogP contribution in [0.3, 0.4) is 0 Å². The van der Waals surface area contributed by atoms with Gasteiger partial charge >= 0.3 is 5.97 Å². The Balaban J connectivity index is 2.06. The SMILES string of the molecule is CCC1CCC(C(=O)O)C(N(CCC(C)C)C2CC2)C1. The third kappa shape index (κ3) is 3.97. The predicted molar refractivity (Wildman–Crippen MR) is 81.7 cm³/mol. The van der Waals surface area contributed by atoms with E-state index in [9.17, 15) is 9.90 Å². The first-order chi connectivity index (χ1) is 9.52. The van der Waals surface area contributed by atoms with Crippen LogP contribution in [0, 0.1) is 17.8 Å². The van der Waals surface area contributed by atoms with Gasteiger partial charge in [-0.3, -0.25) is 9.69 Å². The van der Waals surface area contributed by atoms with Gasteiger partial charge in [0.1, 0.15) is 0 Å². The first-order valence-electron chi connectivity index (χ1n) is 8.51. The number of nitrogens with zero attached hydrogens (tertiary/aromatic N) is 1. The maximum Gasteiger partial charge on any atom is 0.308 e. The molecule has 2 aliphatic carbocycles. The highest BCUT2D eigenvalue weighted by Crippen LogP contribution is 2.39. The van der Waals surface area contributed by atoms with Crippen LogP contribution in [0.5, 0.6) is 0 Å². The fraction of sp³-hybridized carbons (Fsp3) is 0.941. The van der Waals surface area contributed by atoms with E-state index in [4.69, 9.17) is 0 Å². The zero-order valence-electron chi connectivity index (χ0n) is 13.3. The first-order valence-corrected chi connectivity index (χ1v) is 8.51. The lowest BCUT2D eigenvalue weighted by Gasteiger charge is -2.41. The quantitative estimate of drug-likeness (QED) is 0.772. The minimum atomic E-state index is -0.570. The number of rotatable bonds is 7. The van der Waals surface area contributed by atoms with Gasteiger partial charge in [0.25, 0.3) is 0 Å². The Morgan fingerprint density at radius 2 is 1.95 bits per heavy atom. The van der Waals surface area contributed by atoms with Crippen LogP contribution in [-0.4, -0.2) is 34.6 Å². The van der Waals surface area contributed by atoms with Gasteiger partial charge in [-0.2, -0.15) is 0 Å². The maximum atomic E-state index is 11.6. The van der Waals surface area contributed by atoms with E-state index in [-0.39, 0.29) is 12.0 Å². The normalized spacial score (nSPS) is 30.9. The molecule has 3 nitrogen and oxygen atoms in total. The zero-order chi connectivity index (χ0) is 14.7. The lowest BCUT2D eigenvalue weighted by Crippen LogP contribution is -2.48. The number of carboxylic acid groups (broad SMARTS) is 1. The van der Waals surface area contributed by atoms with Crippen molar-refractivity contribution >= 4 is 5.97 Å². The van der Waals surface area contributed by atoms with Gasteiger partial charge in [0.05, 0.1) is 5.92 Å². The summed E-state index contributed by atoms with van der Waals surface area (Å²) in [5.74, 6) is 0.728. The number of hydrogen-bond donors (Lipinski definition) is 1. The summed E-state index contributed by atoms with van der Waals surface area (Å²) in [5, 5.41) is 9.57. The minimum absolute atomic E-state index is 0.134. The van der Waals surface area contributed by atoms with Crippen LogP contribution in [0.2, 0.25) is 0 Å². The van der Waals surface area contributed by atoms with Gasteiger partial charge < -0.3 is 5.11 Å². The van der Waals surface area contributed by atoms with Crippen molar-refractivity contribution in [1.29, 1.82) is 0 Å². The molecule has 2 aliphatic rings. The Hall–Kier alpha value is -0.570. The Kier molecular flexibility index (Phi) is 5.48. The van der Waals surface area contributed by atoms with Crippen LogP contribution in [0.4, 0.5) is 0 Å². The van der Waals surface area contributed by atoms with Gasteiger partial charge in [-0.25, -0.2) is 0 Å². The summed E-state index contributed by atoms with van der Waals surface area (Å²) < 4.78 is 0. The van der Waals surface area contributed by atoms with E-state index in [0.717, 1.165) is 31.7 Å². The molecule has 2 saturated carbocycles. The molecule has 1 N–H and O–H groups in total. The summed E-state index contributed by atoms with van der Waals surface area (Å²) >= 11 is 0. The monoisotopic (exact) mass is 281 g/mol. The van der Waals surface area contributed by atoms with Crippen molar-refractivity contribution in [1.82, 2.24) is 4.90 Å². The third-order valence-electron chi connectivity index (χ3n) is 5.23. The van der Waals surface area contributed by atoms with E-state index >= 15 is 0 Å². The molecule has 0 heterocycles. The Morgan fingerprint density at radius 1 is 1.25 bits per heavy atom. The molecule has 0 aromatic carbocycles. The highest BCUT2D eigenvalue weighted by molar-refractivity contribution is 5.71. The Labute approximate surface area is 123 Å². The fourth-order valence-electron chi connectivity index (χ4n) is 3.69. The van der Waals surface area contributed by atoms with E-state index in [0.29, 0.717) is 12.0 Å². The Bertz CT molecular complexity index is 325. The van der Waals surface area contributed by atoms with Crippen molar-refractivity contribution in [2.75, 3.05) is 6.54 Å². The molecule has 20 heavy (non-hydrogen) atoms. The van der Waals surface area contributed by atoms with Gasteiger partial charge in [0.15, 0.2) is 0 Å². The van der Waals surface area contributed by atoms with E-state index in [1.807, 2.05) is 0 Å². The van der Waals surface area contributed by atoms with Gasteiger partial charge in [-0.15, -0.1) is 0 Å². The number of carbonyl (C=O) groups is 1. The van der Waals surface area contributed by atoms with Crippen LogP contribution in [0.1, 0.15) is 65.7 Å². The molecule has 0 aliphatic heterocycles. The van der Waals surface area contributed by atoms with Gasteiger partial charge in [0.2, 0.25) is 0 Å². The van der Waals surface area contributed by atoms with Crippen molar-refractivity contribution in [2.24, 2.45) is 17.8 Å². The largest absolute Gasteiger partial charge is 0.481 e. The molecular formula is C17H31NO2. The minimum Gasteiger partial charge on any atom is -0.481 e. The molecule has 0 aromatic heterocycles. The molecule has 0 aromatic rings. The highest BCUT2D eigenvalue weighted by Gasteiger charge is 2.42. The van der Waals surface area contributed by atoms with Crippen LogP contribution >= 0.6 is 0 Å². The van der Waals surface area contributed by atoms with Crippen molar-refractivity contribution in [2.45, 2.75) is 77.8 Å². The van der Waals surface area contributed by atoms with Crippen molar-refractivity contribution in [3.63, 3.8) is 0 Å². The lowest BCUT2D eigenvalue weighted by atomic mass is 9.76. The molecule has 0 amide bonds. The van der Waals surface area contributed by atoms with E-state index < -0.39 is 5.97 Å². The van der Waals surface area contributed by atoms with E-state index in [2.05, 4.69) is 25.7 Å². The Morgan fingerprint density at radius 3 is 2.45 bits per heavy atom. The summed E-state index contributed by atoms with van der Waals surface area (Å²) in [6, 6.07) is 0.966. The summed E-state index contributed by atoms with van der Waals surface area (Å²) in [4.78, 5) is 14.2. The number of aliphatic carboxylic acids is 1. The molecule has 2 rings (SSSR count). The van der Waals surface area contributed by atoms with Crippen LogP contribution in [0.25, 0.3) is 0 Å². The topological polar surface area (TPSA) is 40.5 Å². The smallest absolute Gasteiger partial charge is 0.308 e. The van der Waals surface area contributed by atoms with E-state index in [1.54, 1.807) is 0 Å². The summed E-state index contributed by atoms with van der Waals surface area (Å²) in [6.07, 6.45) is 8.02. The second-order valence-corrected chi connectivity index (χ2v) is 7.25. The van der Waals surface area contributed by atoms with Crippen LogP contribution in [0.15, 0.2) is 0 Å². The third-order valence-corrected chi connectivity index (χ3v) is 5.23. The predicted octanol–water partition coefficient (Wildman–Crippen LogP) is 3.78. The van der Waals surface area contributed by atoms with Gasteiger partial charge in [0, 0.05) is 12.1 Å². The number of hydrogen-bond acceptors (Lipinski definition) is 2. The maximum absolute atomic E-state index is 11.6. The van der Waals surface area contributed by atoms with Crippen LogP contribution < -0.4 is 0 Å². The van der Waals surface area contributed by atoms with Crippen molar-refractivity contribution < 1.29 is 9.90 Å². The molecule has 2 fully saturated rings. The molecular weight excluding hydrogens is 250 g/mol. The average Bonchev–Trinajstić information content (AvgIpc) is 3.22. The van der Waals surface area contributed by atoms with Gasteiger partial charge in [-0.1, -0.05) is 27.2 Å². The molecule has 3 unspecified atom stereocenters. The van der Waals surface area contributed by atoms with Gasteiger partial charge in [-0.05, 0) is 56.9 Å². The first kappa shape index (κ1) is 15.8. The molecule has 0 bridgehead atoms. The van der Waals surface area contributed by atoms with E-state index in [1.165, 1.54) is 25.7 Å². The lowest BCUT2D eigenvalue weighted by molar-refractivity contribution is -0.146. The highest BCUT2D eigenvalue weighted by atomic mass is 16.4. The molecule has 3 heteroatoms. The molecule has 0 spiro atoms. The summed E-state index contributed by atoms with van der Waals surface area (Å²) in [5.41, 5.74) is 0. The molecule has 116 valence electrons. The average molecular weight is 281 g/mol. The zero-order valence-corrected chi connectivity index (χ0v) is 13.3. The molecule has 0 radical (unpaired) electrons. The standard InChI is InChI=1S/C17H31NO2/c1-4-13-5-8-15(17(19)20)16(11-13)18(14-6-7-14)10-9-12(2)3/h12-16H,4-11H2,1-3H3,(H,19,20). The van der Waals surface area contributed by atoms with Crippen molar-refractivity contribution in [3.8, 4) is 0 Å². The summed E-state index contributed by atoms with van der Waals surface area (Å²) in [7, 11) is 0. The molecule has 3 atom stereocenters. The fourth-order valence-corrected chi connectivity index (χ4v) is 3.69. The second kappa shape index (κ2) is 6.93. The number of carboxylic acids is 1. The second-order valence-electron chi connectivity index (χ2n) is 7.25.